The first-order valence-electron chi connectivity index (χ1n) is 5.85. The SMILES string of the molecule is CC1CCCN(Cc2cccc(Br)c2O)C1. The minimum Gasteiger partial charge on any atom is -0.506 e. The highest BCUT2D eigenvalue weighted by Crippen LogP contribution is 2.29. The van der Waals surface area contributed by atoms with Crippen LogP contribution in [0.25, 0.3) is 0 Å². The topological polar surface area (TPSA) is 23.5 Å². The van der Waals surface area contributed by atoms with Crippen LogP contribution in [0.2, 0.25) is 0 Å². The first kappa shape index (κ1) is 11.9. The Kier molecular flexibility index (Phi) is 3.87. The lowest BCUT2D eigenvalue weighted by atomic mass is 10.00. The number of likely N-dealkylation sites (tertiary alicyclic amines) is 1. The summed E-state index contributed by atoms with van der Waals surface area (Å²) in [4.78, 5) is 2.43. The van der Waals surface area contributed by atoms with Crippen molar-refractivity contribution in [2.75, 3.05) is 13.1 Å². The molecular formula is C13H18BrNO. The third-order valence-corrected chi connectivity index (χ3v) is 3.85. The van der Waals surface area contributed by atoms with Crippen molar-refractivity contribution in [2.24, 2.45) is 5.92 Å². The van der Waals surface area contributed by atoms with Gasteiger partial charge in [0.25, 0.3) is 0 Å². The number of rotatable bonds is 2. The zero-order valence-corrected chi connectivity index (χ0v) is 11.2. The molecule has 0 amide bonds. The number of halogens is 1. The number of phenols is 1. The molecule has 2 nitrogen and oxygen atoms in total. The molecule has 0 aliphatic carbocycles. The van der Waals surface area contributed by atoms with Gasteiger partial charge in [0.1, 0.15) is 5.75 Å². The van der Waals surface area contributed by atoms with Crippen LogP contribution in [0.1, 0.15) is 25.3 Å². The molecule has 1 unspecified atom stereocenters. The van der Waals surface area contributed by atoms with Crippen LogP contribution in [0.15, 0.2) is 22.7 Å². The van der Waals surface area contributed by atoms with Gasteiger partial charge in [-0.25, -0.2) is 0 Å². The van der Waals surface area contributed by atoms with Gasteiger partial charge in [-0.05, 0) is 47.3 Å². The van der Waals surface area contributed by atoms with Crippen LogP contribution in [0, 0.1) is 5.92 Å². The second-order valence-electron chi connectivity index (χ2n) is 4.73. The van der Waals surface area contributed by atoms with E-state index >= 15 is 0 Å². The van der Waals surface area contributed by atoms with Gasteiger partial charge in [-0.3, -0.25) is 4.90 Å². The van der Waals surface area contributed by atoms with E-state index in [1.165, 1.54) is 12.8 Å². The van der Waals surface area contributed by atoms with E-state index in [1.54, 1.807) is 0 Å². The summed E-state index contributed by atoms with van der Waals surface area (Å²) in [6, 6.07) is 5.85. The fraction of sp³-hybridized carbons (Fsp3) is 0.538. The zero-order valence-electron chi connectivity index (χ0n) is 9.62. The number of benzene rings is 1. The third-order valence-electron chi connectivity index (χ3n) is 3.21. The van der Waals surface area contributed by atoms with Gasteiger partial charge in [0.2, 0.25) is 0 Å². The molecule has 1 aromatic rings. The van der Waals surface area contributed by atoms with Crippen molar-refractivity contribution in [1.82, 2.24) is 4.90 Å². The van der Waals surface area contributed by atoms with Gasteiger partial charge in [-0.15, -0.1) is 0 Å². The molecule has 0 bridgehead atoms. The van der Waals surface area contributed by atoms with Crippen molar-refractivity contribution in [3.8, 4) is 5.75 Å². The lowest BCUT2D eigenvalue weighted by Crippen LogP contribution is -2.33. The number of nitrogens with zero attached hydrogens (tertiary/aromatic N) is 1. The van der Waals surface area contributed by atoms with Crippen molar-refractivity contribution in [2.45, 2.75) is 26.3 Å². The second kappa shape index (κ2) is 5.19. The van der Waals surface area contributed by atoms with Crippen molar-refractivity contribution in [3.63, 3.8) is 0 Å². The van der Waals surface area contributed by atoms with Gasteiger partial charge in [-0.1, -0.05) is 19.1 Å². The molecule has 0 aromatic heterocycles. The van der Waals surface area contributed by atoms with Crippen LogP contribution in [0.4, 0.5) is 0 Å². The van der Waals surface area contributed by atoms with E-state index in [9.17, 15) is 5.11 Å². The Morgan fingerprint density at radius 1 is 1.50 bits per heavy atom. The Hall–Kier alpha value is -0.540. The van der Waals surface area contributed by atoms with Crippen molar-refractivity contribution >= 4 is 15.9 Å². The molecule has 0 spiro atoms. The van der Waals surface area contributed by atoms with Crippen molar-refractivity contribution < 1.29 is 5.11 Å². The highest BCUT2D eigenvalue weighted by Gasteiger charge is 2.17. The van der Waals surface area contributed by atoms with Crippen LogP contribution in [-0.2, 0) is 6.54 Å². The Morgan fingerprint density at radius 2 is 2.31 bits per heavy atom. The van der Waals surface area contributed by atoms with Crippen molar-refractivity contribution in [1.29, 1.82) is 0 Å². The largest absolute Gasteiger partial charge is 0.506 e. The molecule has 1 aliphatic heterocycles. The van der Waals surface area contributed by atoms with Gasteiger partial charge in [0.15, 0.2) is 0 Å². The molecule has 1 atom stereocenters. The number of aromatic hydroxyl groups is 1. The lowest BCUT2D eigenvalue weighted by molar-refractivity contribution is 0.175. The Bertz CT molecular complexity index is 367. The minimum absolute atomic E-state index is 0.390. The molecule has 88 valence electrons. The average Bonchev–Trinajstić information content (AvgIpc) is 2.25. The van der Waals surface area contributed by atoms with Crippen LogP contribution in [0.5, 0.6) is 5.75 Å². The number of para-hydroxylation sites is 1. The fourth-order valence-electron chi connectivity index (χ4n) is 2.36. The summed E-state index contributed by atoms with van der Waals surface area (Å²) in [5.74, 6) is 1.17. The first-order valence-corrected chi connectivity index (χ1v) is 6.65. The smallest absolute Gasteiger partial charge is 0.134 e. The summed E-state index contributed by atoms with van der Waals surface area (Å²) >= 11 is 3.35. The third kappa shape index (κ3) is 2.77. The Balaban J connectivity index is 2.05. The van der Waals surface area contributed by atoms with E-state index in [2.05, 4.69) is 27.8 Å². The maximum atomic E-state index is 9.92. The molecule has 1 fully saturated rings. The van der Waals surface area contributed by atoms with Crippen LogP contribution < -0.4 is 0 Å². The quantitative estimate of drug-likeness (QED) is 0.900. The summed E-state index contributed by atoms with van der Waals surface area (Å²) in [6.07, 6.45) is 2.61. The molecule has 16 heavy (non-hydrogen) atoms. The maximum Gasteiger partial charge on any atom is 0.134 e. The number of hydrogen-bond donors (Lipinski definition) is 1. The van der Waals surface area contributed by atoms with Gasteiger partial charge in [0, 0.05) is 18.7 Å². The zero-order chi connectivity index (χ0) is 11.5. The molecule has 0 saturated carbocycles. The van der Waals surface area contributed by atoms with Crippen LogP contribution in [0.3, 0.4) is 0 Å². The standard InChI is InChI=1S/C13H18BrNO/c1-10-4-3-7-15(8-10)9-11-5-2-6-12(14)13(11)16/h2,5-6,10,16H,3-4,7-9H2,1H3. The van der Waals surface area contributed by atoms with Gasteiger partial charge in [-0.2, -0.15) is 0 Å². The molecule has 1 aliphatic rings. The number of piperidine rings is 1. The molecule has 1 saturated heterocycles. The summed E-state index contributed by atoms with van der Waals surface area (Å²) in [5.41, 5.74) is 1.02. The molecule has 1 heterocycles. The monoisotopic (exact) mass is 283 g/mol. The van der Waals surface area contributed by atoms with E-state index < -0.39 is 0 Å². The van der Waals surface area contributed by atoms with Gasteiger partial charge < -0.3 is 5.11 Å². The second-order valence-corrected chi connectivity index (χ2v) is 5.58. The van der Waals surface area contributed by atoms with Gasteiger partial charge >= 0.3 is 0 Å². The van der Waals surface area contributed by atoms with E-state index in [1.807, 2.05) is 18.2 Å². The molecule has 2 rings (SSSR count). The molecule has 1 aromatic carbocycles. The highest BCUT2D eigenvalue weighted by molar-refractivity contribution is 9.10. The van der Waals surface area contributed by atoms with Gasteiger partial charge in [0.05, 0.1) is 4.47 Å². The average molecular weight is 284 g/mol. The summed E-state index contributed by atoms with van der Waals surface area (Å²) in [7, 11) is 0. The maximum absolute atomic E-state index is 9.92. The first-order chi connectivity index (χ1) is 7.66. The lowest BCUT2D eigenvalue weighted by Gasteiger charge is -2.31. The predicted molar refractivity (Wildman–Crippen MR) is 69.5 cm³/mol. The van der Waals surface area contributed by atoms with E-state index in [0.29, 0.717) is 5.75 Å². The van der Waals surface area contributed by atoms with E-state index in [-0.39, 0.29) is 0 Å². The molecular weight excluding hydrogens is 266 g/mol. The minimum atomic E-state index is 0.390. The van der Waals surface area contributed by atoms with Crippen LogP contribution >= 0.6 is 15.9 Å². The normalized spacial score (nSPS) is 22.2. The summed E-state index contributed by atoms with van der Waals surface area (Å²) in [5, 5.41) is 9.92. The molecule has 3 heteroatoms. The molecule has 1 N–H and O–H groups in total. The van der Waals surface area contributed by atoms with Crippen LogP contribution in [-0.4, -0.2) is 23.1 Å². The molecule has 0 radical (unpaired) electrons. The highest BCUT2D eigenvalue weighted by atomic mass is 79.9. The number of hydrogen-bond acceptors (Lipinski definition) is 2. The predicted octanol–water partition coefficient (Wildman–Crippen LogP) is 3.39. The number of phenolic OH excluding ortho intramolecular Hbond substituents is 1. The summed E-state index contributed by atoms with van der Waals surface area (Å²) in [6.45, 7) is 5.45. The van der Waals surface area contributed by atoms with E-state index in [4.69, 9.17) is 0 Å². The van der Waals surface area contributed by atoms with Crippen molar-refractivity contribution in [3.05, 3.63) is 28.2 Å². The Labute approximate surface area is 105 Å². The van der Waals surface area contributed by atoms with E-state index in [0.717, 1.165) is 35.6 Å². The fourth-order valence-corrected chi connectivity index (χ4v) is 2.77. The summed E-state index contributed by atoms with van der Waals surface area (Å²) < 4.78 is 0.787. The Morgan fingerprint density at radius 3 is 3.06 bits per heavy atom.